The zero-order valence-corrected chi connectivity index (χ0v) is 10.4. The van der Waals surface area contributed by atoms with Crippen LogP contribution in [0.25, 0.3) is 0 Å². The number of nitrogens with zero attached hydrogens (tertiary/aromatic N) is 1. The molecule has 1 aromatic rings. The molecule has 0 aliphatic heterocycles. The van der Waals surface area contributed by atoms with Gasteiger partial charge in [-0.3, -0.25) is 10.1 Å². The summed E-state index contributed by atoms with van der Waals surface area (Å²) >= 11 is 5.78. The van der Waals surface area contributed by atoms with E-state index in [0.29, 0.717) is 11.4 Å². The Morgan fingerprint density at radius 2 is 2.24 bits per heavy atom. The van der Waals surface area contributed by atoms with Gasteiger partial charge in [-0.15, -0.1) is 0 Å². The molecule has 0 heterocycles. The fourth-order valence-electron chi connectivity index (χ4n) is 2.19. The van der Waals surface area contributed by atoms with Gasteiger partial charge in [0.1, 0.15) is 0 Å². The van der Waals surface area contributed by atoms with Crippen LogP contribution in [-0.4, -0.2) is 11.0 Å². The summed E-state index contributed by atoms with van der Waals surface area (Å²) in [4.78, 5) is 10.6. The Morgan fingerprint density at radius 1 is 1.59 bits per heavy atom. The fourth-order valence-corrected chi connectivity index (χ4v) is 2.36. The van der Waals surface area contributed by atoms with E-state index in [4.69, 9.17) is 17.3 Å². The number of nitro groups is 1. The Morgan fingerprint density at radius 3 is 2.71 bits per heavy atom. The number of benzene rings is 1. The van der Waals surface area contributed by atoms with Crippen molar-refractivity contribution in [3.63, 3.8) is 0 Å². The summed E-state index contributed by atoms with van der Waals surface area (Å²) in [6.45, 7) is 1.97. The van der Waals surface area contributed by atoms with E-state index in [1.165, 1.54) is 6.07 Å². The summed E-state index contributed by atoms with van der Waals surface area (Å²) in [6, 6.07) is 4.91. The summed E-state index contributed by atoms with van der Waals surface area (Å²) < 4.78 is 0. The van der Waals surface area contributed by atoms with Crippen LogP contribution >= 0.6 is 11.6 Å². The number of hydrogen-bond acceptors (Lipinski definition) is 3. The molecule has 1 aliphatic carbocycles. The van der Waals surface area contributed by atoms with Crippen molar-refractivity contribution >= 4 is 17.3 Å². The molecule has 1 aromatic carbocycles. The molecule has 0 amide bonds. The average molecular weight is 255 g/mol. The van der Waals surface area contributed by atoms with E-state index in [1.807, 2.05) is 6.92 Å². The second kappa shape index (κ2) is 4.27. The van der Waals surface area contributed by atoms with Crippen LogP contribution in [0.2, 0.25) is 5.02 Å². The average Bonchev–Trinajstić information content (AvgIpc) is 3.01. The van der Waals surface area contributed by atoms with Gasteiger partial charge in [-0.2, -0.15) is 0 Å². The Balaban J connectivity index is 2.30. The minimum absolute atomic E-state index is 0.0542. The molecule has 0 bridgehead atoms. The van der Waals surface area contributed by atoms with Crippen LogP contribution in [0.5, 0.6) is 0 Å². The third kappa shape index (κ3) is 2.42. The molecule has 0 aromatic heterocycles. The maximum atomic E-state index is 11.0. The predicted molar refractivity (Wildman–Crippen MR) is 67.1 cm³/mol. The molecular formula is C12H15ClN2O2. The van der Waals surface area contributed by atoms with Gasteiger partial charge in [0, 0.05) is 22.7 Å². The smallest absolute Gasteiger partial charge is 0.274 e. The lowest BCUT2D eigenvalue weighted by Gasteiger charge is -2.19. The van der Waals surface area contributed by atoms with Crippen molar-refractivity contribution in [2.24, 2.45) is 11.1 Å². The van der Waals surface area contributed by atoms with Crippen molar-refractivity contribution in [1.82, 2.24) is 0 Å². The van der Waals surface area contributed by atoms with Crippen LogP contribution < -0.4 is 5.73 Å². The third-order valence-corrected chi connectivity index (χ3v) is 3.88. The minimum Gasteiger partial charge on any atom is -0.327 e. The molecule has 4 nitrogen and oxygen atoms in total. The first-order chi connectivity index (χ1) is 7.94. The van der Waals surface area contributed by atoms with E-state index in [0.717, 1.165) is 18.4 Å². The molecule has 1 unspecified atom stereocenters. The molecule has 0 radical (unpaired) electrons. The zero-order chi connectivity index (χ0) is 12.6. The van der Waals surface area contributed by atoms with Crippen molar-refractivity contribution < 1.29 is 4.92 Å². The highest BCUT2D eigenvalue weighted by Crippen LogP contribution is 2.51. The first-order valence-corrected chi connectivity index (χ1v) is 6.01. The van der Waals surface area contributed by atoms with Gasteiger partial charge in [0.25, 0.3) is 5.69 Å². The van der Waals surface area contributed by atoms with Gasteiger partial charge in [-0.1, -0.05) is 17.7 Å². The van der Waals surface area contributed by atoms with Crippen LogP contribution in [0.1, 0.15) is 25.3 Å². The van der Waals surface area contributed by atoms with Gasteiger partial charge >= 0.3 is 0 Å². The maximum Gasteiger partial charge on any atom is 0.274 e. The monoisotopic (exact) mass is 254 g/mol. The van der Waals surface area contributed by atoms with Crippen molar-refractivity contribution in [2.75, 3.05) is 0 Å². The topological polar surface area (TPSA) is 69.2 Å². The van der Waals surface area contributed by atoms with Gasteiger partial charge in [-0.05, 0) is 37.7 Å². The van der Waals surface area contributed by atoms with Crippen molar-refractivity contribution in [3.8, 4) is 0 Å². The van der Waals surface area contributed by atoms with Crippen LogP contribution in [0, 0.1) is 15.5 Å². The van der Waals surface area contributed by atoms with Gasteiger partial charge < -0.3 is 5.73 Å². The number of nitro benzene ring substituents is 1. The second-order valence-corrected chi connectivity index (χ2v) is 5.29. The van der Waals surface area contributed by atoms with Crippen LogP contribution in [-0.2, 0) is 6.42 Å². The Bertz CT molecular complexity index is 456. The summed E-state index contributed by atoms with van der Waals surface area (Å²) in [6.07, 6.45) is 2.76. The lowest BCUT2D eigenvalue weighted by molar-refractivity contribution is -0.385. The number of rotatable bonds is 4. The van der Waals surface area contributed by atoms with Crippen molar-refractivity contribution in [1.29, 1.82) is 0 Å². The van der Waals surface area contributed by atoms with E-state index < -0.39 is 0 Å². The summed E-state index contributed by atoms with van der Waals surface area (Å²) in [5, 5.41) is 11.4. The Kier molecular flexibility index (Phi) is 3.10. The highest BCUT2D eigenvalue weighted by Gasteiger charge is 2.46. The standard InChI is InChI=1S/C12H15ClN2O2/c1-8(14)12(4-5-12)7-9-2-3-10(13)6-11(9)15(16)17/h2-3,6,8H,4-5,7,14H2,1H3. The van der Waals surface area contributed by atoms with E-state index in [-0.39, 0.29) is 22.1 Å². The van der Waals surface area contributed by atoms with E-state index >= 15 is 0 Å². The second-order valence-electron chi connectivity index (χ2n) is 4.86. The molecule has 1 fully saturated rings. The van der Waals surface area contributed by atoms with E-state index in [9.17, 15) is 10.1 Å². The Hall–Kier alpha value is -1.13. The normalized spacial score (nSPS) is 18.8. The summed E-state index contributed by atoms with van der Waals surface area (Å²) in [7, 11) is 0. The molecule has 17 heavy (non-hydrogen) atoms. The van der Waals surface area contributed by atoms with Gasteiger partial charge in [-0.25, -0.2) is 0 Å². The molecule has 0 saturated heterocycles. The molecule has 0 spiro atoms. The zero-order valence-electron chi connectivity index (χ0n) is 9.65. The third-order valence-electron chi connectivity index (χ3n) is 3.64. The van der Waals surface area contributed by atoms with Gasteiger partial charge in [0.2, 0.25) is 0 Å². The molecule has 1 aliphatic rings. The first kappa shape index (κ1) is 12.3. The first-order valence-electron chi connectivity index (χ1n) is 5.63. The molecule has 92 valence electrons. The fraction of sp³-hybridized carbons (Fsp3) is 0.500. The molecule has 1 saturated carbocycles. The molecule has 5 heteroatoms. The number of halogens is 1. The summed E-state index contributed by atoms with van der Waals surface area (Å²) in [5.41, 5.74) is 6.83. The van der Waals surface area contributed by atoms with Crippen LogP contribution in [0.3, 0.4) is 0 Å². The lowest BCUT2D eigenvalue weighted by atomic mass is 9.90. The minimum atomic E-state index is -0.377. The molecule has 1 atom stereocenters. The van der Waals surface area contributed by atoms with Crippen molar-refractivity contribution in [3.05, 3.63) is 38.9 Å². The largest absolute Gasteiger partial charge is 0.327 e. The van der Waals surface area contributed by atoms with E-state index in [1.54, 1.807) is 12.1 Å². The number of nitrogens with two attached hydrogens (primary N) is 1. The maximum absolute atomic E-state index is 11.0. The molecule has 2 N–H and O–H groups in total. The van der Waals surface area contributed by atoms with Crippen LogP contribution in [0.15, 0.2) is 18.2 Å². The van der Waals surface area contributed by atoms with Crippen LogP contribution in [0.4, 0.5) is 5.69 Å². The van der Waals surface area contributed by atoms with Gasteiger partial charge in [0.15, 0.2) is 0 Å². The van der Waals surface area contributed by atoms with Gasteiger partial charge in [0.05, 0.1) is 4.92 Å². The molecule has 2 rings (SSSR count). The van der Waals surface area contributed by atoms with Crippen molar-refractivity contribution in [2.45, 2.75) is 32.2 Å². The molecular weight excluding hydrogens is 240 g/mol. The Labute approximate surface area is 105 Å². The van der Waals surface area contributed by atoms with E-state index in [2.05, 4.69) is 0 Å². The summed E-state index contributed by atoms with van der Waals surface area (Å²) in [5.74, 6) is 0. The highest BCUT2D eigenvalue weighted by molar-refractivity contribution is 6.30. The lowest BCUT2D eigenvalue weighted by Crippen LogP contribution is -2.30. The number of hydrogen-bond donors (Lipinski definition) is 1. The highest BCUT2D eigenvalue weighted by atomic mass is 35.5. The predicted octanol–water partition coefficient (Wildman–Crippen LogP) is 2.92. The SMILES string of the molecule is CC(N)C1(Cc2ccc(Cl)cc2[N+](=O)[O-])CC1. The quantitative estimate of drug-likeness (QED) is 0.663.